The number of anilines is 2. The summed E-state index contributed by atoms with van der Waals surface area (Å²) in [6.45, 7) is 0.390. The quantitative estimate of drug-likeness (QED) is 0.672. The Morgan fingerprint density at radius 1 is 1.35 bits per heavy atom. The Labute approximate surface area is 148 Å². The number of hydrogen-bond donors (Lipinski definition) is 2. The van der Waals surface area contributed by atoms with E-state index in [1.165, 1.54) is 29.3 Å². The van der Waals surface area contributed by atoms with Crippen molar-refractivity contribution in [3.8, 4) is 11.3 Å². The summed E-state index contributed by atoms with van der Waals surface area (Å²) in [5.41, 5.74) is 7.14. The van der Waals surface area contributed by atoms with Crippen LogP contribution in [0, 0.1) is 5.82 Å². The monoisotopic (exact) mass is 376 g/mol. The normalized spacial score (nSPS) is 17.0. The van der Waals surface area contributed by atoms with E-state index in [4.69, 9.17) is 5.73 Å². The molecule has 0 bridgehead atoms. The molecule has 1 aliphatic rings. The van der Waals surface area contributed by atoms with Crippen LogP contribution in [-0.4, -0.2) is 44.3 Å². The van der Waals surface area contributed by atoms with E-state index in [1.807, 2.05) is 0 Å². The van der Waals surface area contributed by atoms with Gasteiger partial charge in [-0.25, -0.2) is 23.3 Å². The van der Waals surface area contributed by atoms with Crippen LogP contribution < -0.4 is 11.1 Å². The van der Waals surface area contributed by atoms with Crippen molar-refractivity contribution in [3.63, 3.8) is 0 Å². The molecule has 134 valence electrons. The Kier molecular flexibility index (Phi) is 4.16. The van der Waals surface area contributed by atoms with Crippen molar-refractivity contribution in [2.75, 3.05) is 30.0 Å². The third-order valence-corrected chi connectivity index (χ3v) is 5.38. The first-order valence-corrected chi connectivity index (χ1v) is 9.47. The van der Waals surface area contributed by atoms with E-state index >= 15 is 0 Å². The molecule has 0 spiro atoms. The Hall–Kier alpha value is -2.80. The topological polar surface area (TPSA) is 88.5 Å². The Balaban J connectivity index is 1.62. The molecule has 1 aliphatic heterocycles. The van der Waals surface area contributed by atoms with Gasteiger partial charge < -0.3 is 16.0 Å². The van der Waals surface area contributed by atoms with Crippen LogP contribution in [0.15, 0.2) is 36.8 Å². The first-order valence-electron chi connectivity index (χ1n) is 7.86. The standard InChI is InChI=1S/C16H15F2N6OP/c17-13-2-1-11(21-16(25)23-3-4-26(18)9-23)5-12(13)14-8-24-7-10(19)6-20-15(24)22-14/h1-2,5-8H,3-4,9,19H2,(H,21,25). The number of carbonyl (C=O) groups excluding carboxylic acids is 1. The number of benzene rings is 1. The summed E-state index contributed by atoms with van der Waals surface area (Å²) in [5.74, 6) is -0.0933. The van der Waals surface area contributed by atoms with Crippen molar-refractivity contribution in [3.05, 3.63) is 42.6 Å². The highest BCUT2D eigenvalue weighted by atomic mass is 31.2. The van der Waals surface area contributed by atoms with Crippen molar-refractivity contribution >= 4 is 31.4 Å². The molecule has 4 rings (SSSR count). The molecule has 1 fully saturated rings. The molecule has 3 heterocycles. The van der Waals surface area contributed by atoms with Crippen molar-refractivity contribution in [2.45, 2.75) is 0 Å². The summed E-state index contributed by atoms with van der Waals surface area (Å²) in [5, 5.41) is 2.68. The van der Waals surface area contributed by atoms with Crippen LogP contribution in [0.5, 0.6) is 0 Å². The lowest BCUT2D eigenvalue weighted by atomic mass is 10.1. The average molecular weight is 376 g/mol. The molecule has 10 heteroatoms. The van der Waals surface area contributed by atoms with Crippen LogP contribution in [0.4, 0.5) is 24.8 Å². The van der Waals surface area contributed by atoms with Crippen LogP contribution in [0.25, 0.3) is 17.0 Å². The van der Waals surface area contributed by atoms with Gasteiger partial charge in [0.2, 0.25) is 5.78 Å². The van der Waals surface area contributed by atoms with Crippen molar-refractivity contribution in [2.24, 2.45) is 0 Å². The van der Waals surface area contributed by atoms with Gasteiger partial charge in [-0.2, -0.15) is 0 Å². The fraction of sp³-hybridized carbons (Fsp3) is 0.188. The summed E-state index contributed by atoms with van der Waals surface area (Å²) in [4.78, 5) is 22.0. The smallest absolute Gasteiger partial charge is 0.322 e. The lowest BCUT2D eigenvalue weighted by Crippen LogP contribution is -2.32. The molecule has 3 aromatic rings. The molecule has 1 saturated heterocycles. The average Bonchev–Trinajstić information content (AvgIpc) is 3.22. The number of nitrogens with zero attached hydrogens (tertiary/aromatic N) is 4. The zero-order valence-electron chi connectivity index (χ0n) is 13.6. The van der Waals surface area contributed by atoms with Crippen LogP contribution >= 0.6 is 8.23 Å². The van der Waals surface area contributed by atoms with E-state index < -0.39 is 20.1 Å². The van der Waals surface area contributed by atoms with Gasteiger partial charge in [0.05, 0.1) is 23.9 Å². The Bertz CT molecular complexity index is 994. The predicted molar refractivity (Wildman–Crippen MR) is 96.3 cm³/mol. The van der Waals surface area contributed by atoms with Crippen LogP contribution in [0.1, 0.15) is 0 Å². The molecule has 0 radical (unpaired) electrons. The number of aromatic nitrogens is 3. The highest BCUT2D eigenvalue weighted by Gasteiger charge is 2.26. The number of urea groups is 1. The number of hydrogen-bond acceptors (Lipinski definition) is 4. The maximum Gasteiger partial charge on any atom is 0.322 e. The molecular weight excluding hydrogens is 361 g/mol. The largest absolute Gasteiger partial charge is 0.396 e. The van der Waals surface area contributed by atoms with E-state index in [0.717, 1.165) is 0 Å². The van der Waals surface area contributed by atoms with Crippen LogP contribution in [0.2, 0.25) is 0 Å². The second-order valence-corrected chi connectivity index (χ2v) is 7.59. The number of nitrogen functional groups attached to an aromatic ring is 1. The molecule has 2 aromatic heterocycles. The minimum atomic E-state index is -1.60. The molecule has 1 unspecified atom stereocenters. The first kappa shape index (κ1) is 16.7. The van der Waals surface area contributed by atoms with Gasteiger partial charge in [0, 0.05) is 36.4 Å². The predicted octanol–water partition coefficient (Wildman–Crippen LogP) is 3.29. The van der Waals surface area contributed by atoms with Crippen molar-refractivity contribution < 1.29 is 13.4 Å². The van der Waals surface area contributed by atoms with Gasteiger partial charge in [-0.1, -0.05) is 0 Å². The molecule has 2 amide bonds. The number of halogens is 2. The number of imidazole rings is 1. The molecule has 3 N–H and O–H groups in total. The maximum absolute atomic E-state index is 14.3. The van der Waals surface area contributed by atoms with Crippen LogP contribution in [-0.2, 0) is 0 Å². The van der Waals surface area contributed by atoms with Gasteiger partial charge in [-0.05, 0) is 18.2 Å². The summed E-state index contributed by atoms with van der Waals surface area (Å²) < 4.78 is 29.2. The van der Waals surface area contributed by atoms with Gasteiger partial charge in [0.1, 0.15) is 14.0 Å². The first-order chi connectivity index (χ1) is 12.5. The molecule has 1 atom stereocenters. The summed E-state index contributed by atoms with van der Waals surface area (Å²) in [6.07, 6.45) is 5.24. The minimum Gasteiger partial charge on any atom is -0.396 e. The van der Waals surface area contributed by atoms with E-state index in [9.17, 15) is 13.4 Å². The number of fused-ring (bicyclic) bond motifs is 1. The van der Waals surface area contributed by atoms with Gasteiger partial charge >= 0.3 is 6.03 Å². The molecule has 26 heavy (non-hydrogen) atoms. The SMILES string of the molecule is Nc1cnc2nc(-c3cc(NC(=O)N4CCP(F)C4)ccc3F)cn2c1. The maximum atomic E-state index is 14.3. The van der Waals surface area contributed by atoms with Crippen LogP contribution in [0.3, 0.4) is 0 Å². The van der Waals surface area contributed by atoms with E-state index in [2.05, 4.69) is 15.3 Å². The number of carbonyl (C=O) groups is 1. The molecular formula is C16H15F2N6OP. The number of rotatable bonds is 2. The Morgan fingerprint density at radius 3 is 2.96 bits per heavy atom. The van der Waals surface area contributed by atoms with Crippen molar-refractivity contribution in [1.29, 1.82) is 0 Å². The molecule has 0 saturated carbocycles. The van der Waals surface area contributed by atoms with Gasteiger partial charge in [-0.3, -0.25) is 4.40 Å². The highest BCUT2D eigenvalue weighted by molar-refractivity contribution is 7.52. The summed E-state index contributed by atoms with van der Waals surface area (Å²) in [7, 11) is -1.60. The zero-order valence-corrected chi connectivity index (χ0v) is 14.5. The second-order valence-electron chi connectivity index (χ2n) is 5.94. The third-order valence-electron chi connectivity index (χ3n) is 4.05. The van der Waals surface area contributed by atoms with E-state index in [1.54, 1.807) is 16.8 Å². The highest BCUT2D eigenvalue weighted by Crippen LogP contribution is 2.42. The molecule has 1 aromatic carbocycles. The van der Waals surface area contributed by atoms with E-state index in [-0.39, 0.29) is 11.8 Å². The number of amides is 2. The molecule has 7 nitrogen and oxygen atoms in total. The molecule has 0 aliphatic carbocycles. The summed E-state index contributed by atoms with van der Waals surface area (Å²) in [6, 6.07) is 3.81. The summed E-state index contributed by atoms with van der Waals surface area (Å²) >= 11 is 0. The second kappa shape index (κ2) is 6.49. The zero-order chi connectivity index (χ0) is 18.3. The lowest BCUT2D eigenvalue weighted by Gasteiger charge is -2.16. The van der Waals surface area contributed by atoms with E-state index in [0.29, 0.717) is 35.6 Å². The fourth-order valence-corrected chi connectivity index (χ4v) is 3.99. The Morgan fingerprint density at radius 2 is 2.19 bits per heavy atom. The fourth-order valence-electron chi connectivity index (χ4n) is 2.75. The van der Waals surface area contributed by atoms with Gasteiger partial charge in [0.25, 0.3) is 0 Å². The number of nitrogens with two attached hydrogens (primary N) is 1. The lowest BCUT2D eigenvalue weighted by molar-refractivity contribution is 0.224. The van der Waals surface area contributed by atoms with Gasteiger partial charge in [0.15, 0.2) is 0 Å². The van der Waals surface area contributed by atoms with Crippen molar-refractivity contribution in [1.82, 2.24) is 19.3 Å². The minimum absolute atomic E-state index is 0.134. The third kappa shape index (κ3) is 3.17. The van der Waals surface area contributed by atoms with Gasteiger partial charge in [-0.15, -0.1) is 0 Å². The number of nitrogens with one attached hydrogen (secondary N) is 1.